The molecule has 0 aromatic rings. The molecule has 0 fully saturated rings. The van der Waals surface area contributed by atoms with Crippen LogP contribution in [0, 0.1) is 10.8 Å². The summed E-state index contributed by atoms with van der Waals surface area (Å²) in [5.74, 6) is -0.569. The number of aliphatic hydroxyl groups excluding tert-OH is 6. The number of allylic oxidation sites excluding steroid dienone is 2. The molecule has 6 N–H and O–H groups in total. The van der Waals surface area contributed by atoms with Gasteiger partial charge in [0.1, 0.15) is 37.1 Å². The van der Waals surface area contributed by atoms with Crippen LogP contribution in [0.5, 0.6) is 0 Å². The maximum atomic E-state index is 12.2. The van der Waals surface area contributed by atoms with Gasteiger partial charge in [0.2, 0.25) is 0 Å². The second-order valence-electron chi connectivity index (χ2n) is 8.33. The quantitative estimate of drug-likeness (QED) is 0.187. The van der Waals surface area contributed by atoms with Crippen molar-refractivity contribution in [2.24, 2.45) is 10.8 Å². The highest BCUT2D eigenvalue weighted by atomic mass is 16.5. The Bertz CT molecular complexity index is 493. The molecule has 8 heteroatoms. The summed E-state index contributed by atoms with van der Waals surface area (Å²) in [5, 5.41) is 57.1. The molecule has 0 aromatic heterocycles. The van der Waals surface area contributed by atoms with Crippen molar-refractivity contribution in [1.82, 2.24) is 0 Å². The summed E-state index contributed by atoms with van der Waals surface area (Å²) in [6.07, 6.45) is -3.18. The lowest BCUT2D eigenvalue weighted by atomic mass is 9.80. The SMILES string of the molecule is CCC(C)(C)/C=C\C(C)(CC)CC(=O)OC[C@@H](O)[C@@H](O)[C@H](O)[C@H](O)[C@H](O)CO. The van der Waals surface area contributed by atoms with Crippen LogP contribution in [0.3, 0.4) is 0 Å². The van der Waals surface area contributed by atoms with Gasteiger partial charge in [-0.2, -0.15) is 0 Å². The Kier molecular flexibility index (Phi) is 11.4. The molecule has 0 aliphatic heterocycles. The fraction of sp³-hybridized carbons (Fsp3) is 0.850. The number of aliphatic hydroxyl groups is 6. The van der Waals surface area contributed by atoms with E-state index < -0.39 is 55.1 Å². The van der Waals surface area contributed by atoms with E-state index >= 15 is 0 Å². The van der Waals surface area contributed by atoms with Crippen molar-refractivity contribution in [1.29, 1.82) is 0 Å². The fourth-order valence-corrected chi connectivity index (χ4v) is 2.27. The zero-order chi connectivity index (χ0) is 22.1. The van der Waals surface area contributed by atoms with Gasteiger partial charge >= 0.3 is 5.97 Å². The van der Waals surface area contributed by atoms with Gasteiger partial charge in [0.05, 0.1) is 13.0 Å². The molecule has 0 saturated carbocycles. The highest BCUT2D eigenvalue weighted by Gasteiger charge is 2.35. The smallest absolute Gasteiger partial charge is 0.306 e. The summed E-state index contributed by atoms with van der Waals surface area (Å²) in [6, 6.07) is 0. The van der Waals surface area contributed by atoms with Gasteiger partial charge in [0, 0.05) is 0 Å². The molecular formula is C20H38O8. The summed E-state index contributed by atoms with van der Waals surface area (Å²) < 4.78 is 5.01. The number of hydrogen-bond donors (Lipinski definition) is 6. The molecule has 0 aliphatic carbocycles. The van der Waals surface area contributed by atoms with E-state index in [9.17, 15) is 30.3 Å². The first-order valence-corrected chi connectivity index (χ1v) is 9.69. The lowest BCUT2D eigenvalue weighted by Crippen LogP contribution is -2.51. The first-order chi connectivity index (χ1) is 12.8. The van der Waals surface area contributed by atoms with Gasteiger partial charge < -0.3 is 35.4 Å². The summed E-state index contributed by atoms with van der Waals surface area (Å²) in [4.78, 5) is 12.2. The van der Waals surface area contributed by atoms with E-state index in [1.165, 1.54) is 0 Å². The minimum absolute atomic E-state index is 0.0107. The van der Waals surface area contributed by atoms with Crippen molar-refractivity contribution in [3.8, 4) is 0 Å². The fourth-order valence-electron chi connectivity index (χ4n) is 2.27. The van der Waals surface area contributed by atoms with Gasteiger partial charge in [-0.25, -0.2) is 0 Å². The van der Waals surface area contributed by atoms with Gasteiger partial charge in [0.15, 0.2) is 0 Å². The average molecular weight is 407 g/mol. The lowest BCUT2D eigenvalue weighted by Gasteiger charge is -2.29. The number of ether oxygens (including phenoxy) is 1. The largest absolute Gasteiger partial charge is 0.463 e. The van der Waals surface area contributed by atoms with Crippen molar-refractivity contribution >= 4 is 5.97 Å². The summed E-state index contributed by atoms with van der Waals surface area (Å²) in [6.45, 7) is 8.76. The van der Waals surface area contributed by atoms with Crippen LogP contribution in [0.4, 0.5) is 0 Å². The van der Waals surface area contributed by atoms with Crippen molar-refractivity contribution < 1.29 is 40.2 Å². The van der Waals surface area contributed by atoms with Gasteiger partial charge in [-0.05, 0) is 23.7 Å². The van der Waals surface area contributed by atoms with Crippen molar-refractivity contribution in [3.63, 3.8) is 0 Å². The number of esters is 1. The molecule has 8 nitrogen and oxygen atoms in total. The van der Waals surface area contributed by atoms with E-state index in [0.29, 0.717) is 6.42 Å². The topological polar surface area (TPSA) is 148 Å². The van der Waals surface area contributed by atoms with Gasteiger partial charge in [0.25, 0.3) is 0 Å². The van der Waals surface area contributed by atoms with Gasteiger partial charge in [-0.15, -0.1) is 0 Å². The van der Waals surface area contributed by atoms with E-state index in [0.717, 1.165) is 6.42 Å². The van der Waals surface area contributed by atoms with E-state index in [2.05, 4.69) is 26.8 Å². The molecule has 0 saturated heterocycles. The zero-order valence-electron chi connectivity index (χ0n) is 17.6. The number of carbonyl (C=O) groups is 1. The third kappa shape index (κ3) is 8.98. The van der Waals surface area contributed by atoms with Crippen LogP contribution in [0.2, 0.25) is 0 Å². The minimum atomic E-state index is -1.92. The van der Waals surface area contributed by atoms with E-state index in [1.807, 2.05) is 19.9 Å². The molecule has 0 radical (unpaired) electrons. The van der Waals surface area contributed by atoms with Crippen molar-refractivity contribution in [3.05, 3.63) is 12.2 Å². The molecule has 1 unspecified atom stereocenters. The normalized spacial score (nSPS) is 20.2. The lowest BCUT2D eigenvalue weighted by molar-refractivity contribution is -0.163. The zero-order valence-corrected chi connectivity index (χ0v) is 17.6. The molecule has 0 spiro atoms. The van der Waals surface area contributed by atoms with Crippen molar-refractivity contribution in [2.75, 3.05) is 13.2 Å². The Morgan fingerprint density at radius 3 is 1.89 bits per heavy atom. The maximum absolute atomic E-state index is 12.2. The van der Waals surface area contributed by atoms with Crippen LogP contribution >= 0.6 is 0 Å². The molecular weight excluding hydrogens is 368 g/mol. The summed E-state index contributed by atoms with van der Waals surface area (Å²) in [5.41, 5.74) is -0.412. The number of carbonyl (C=O) groups excluding carboxylic acids is 1. The Hall–Kier alpha value is -1.03. The molecule has 0 heterocycles. The number of hydrogen-bond acceptors (Lipinski definition) is 8. The Morgan fingerprint density at radius 2 is 1.43 bits per heavy atom. The second kappa shape index (κ2) is 11.8. The summed E-state index contributed by atoms with van der Waals surface area (Å²) in [7, 11) is 0. The first-order valence-electron chi connectivity index (χ1n) is 9.69. The molecule has 0 bridgehead atoms. The van der Waals surface area contributed by atoms with E-state index in [4.69, 9.17) is 9.84 Å². The first kappa shape index (κ1) is 27.0. The van der Waals surface area contributed by atoms with Crippen LogP contribution in [-0.2, 0) is 9.53 Å². The van der Waals surface area contributed by atoms with E-state index in [-0.39, 0.29) is 11.8 Å². The number of rotatable bonds is 13. The molecule has 166 valence electrons. The van der Waals surface area contributed by atoms with Gasteiger partial charge in [-0.1, -0.05) is 46.8 Å². The Labute approximate surface area is 167 Å². The molecule has 0 aliphatic rings. The van der Waals surface area contributed by atoms with Crippen LogP contribution in [0.25, 0.3) is 0 Å². The van der Waals surface area contributed by atoms with Crippen LogP contribution in [0.1, 0.15) is 53.9 Å². The second-order valence-corrected chi connectivity index (χ2v) is 8.33. The van der Waals surface area contributed by atoms with Crippen LogP contribution in [0.15, 0.2) is 12.2 Å². The standard InChI is InChI=1S/C20H38O8/c1-6-19(3,4)8-9-20(5,7-2)10-15(24)28-12-14(23)17(26)18(27)16(25)13(22)11-21/h8-9,13-14,16-18,21-23,25-27H,6-7,10-12H2,1-5H3/b9-8-/t13-,14-,16-,17-,18-,20?/m1/s1. The molecule has 0 rings (SSSR count). The highest BCUT2D eigenvalue weighted by molar-refractivity contribution is 5.70. The van der Waals surface area contributed by atoms with Crippen LogP contribution in [-0.4, -0.2) is 80.3 Å². The molecule has 28 heavy (non-hydrogen) atoms. The minimum Gasteiger partial charge on any atom is -0.463 e. The van der Waals surface area contributed by atoms with Crippen LogP contribution < -0.4 is 0 Å². The van der Waals surface area contributed by atoms with Crippen molar-refractivity contribution in [2.45, 2.75) is 84.4 Å². The Balaban J connectivity index is 4.74. The van der Waals surface area contributed by atoms with Gasteiger partial charge in [-0.3, -0.25) is 4.79 Å². The maximum Gasteiger partial charge on any atom is 0.306 e. The summed E-state index contributed by atoms with van der Waals surface area (Å²) >= 11 is 0. The molecule has 0 amide bonds. The average Bonchev–Trinajstić information content (AvgIpc) is 2.68. The Morgan fingerprint density at radius 1 is 0.893 bits per heavy atom. The third-order valence-corrected chi connectivity index (χ3v) is 5.29. The predicted octanol–water partition coefficient (Wildman–Crippen LogP) is 0.125. The van der Waals surface area contributed by atoms with E-state index in [1.54, 1.807) is 0 Å². The molecule has 6 atom stereocenters. The highest BCUT2D eigenvalue weighted by Crippen LogP contribution is 2.31. The molecule has 0 aromatic carbocycles. The monoisotopic (exact) mass is 406 g/mol. The third-order valence-electron chi connectivity index (χ3n) is 5.29. The predicted molar refractivity (Wildman–Crippen MR) is 104 cm³/mol.